The summed E-state index contributed by atoms with van der Waals surface area (Å²) in [7, 11) is 0. The number of hydrogen-bond donors (Lipinski definition) is 0. The standard InChI is InChI=1S/2ClH.Na.Sr/h2*1H;;/q;;+1;+2/p-2. The second kappa shape index (κ2) is 16.6. The molecule has 0 aromatic carbocycles. The van der Waals surface area contributed by atoms with Gasteiger partial charge in [-0.05, 0) is 0 Å². The molecule has 0 saturated heterocycles. The van der Waals surface area contributed by atoms with E-state index < -0.39 is 0 Å². The maximum atomic E-state index is 0. The fraction of sp³-hybridized carbons (Fsp3) is 0. The first kappa shape index (κ1) is 27.7. The summed E-state index contributed by atoms with van der Waals surface area (Å²) in [5.74, 6) is 0. The van der Waals surface area contributed by atoms with Crippen LogP contribution in [0.4, 0.5) is 0 Å². The molecule has 0 aliphatic heterocycles. The zero-order chi connectivity index (χ0) is 0. The second-order valence-corrected chi connectivity index (χ2v) is 0. The van der Waals surface area contributed by atoms with E-state index in [4.69, 9.17) is 0 Å². The van der Waals surface area contributed by atoms with Crippen LogP contribution in [0.15, 0.2) is 0 Å². The van der Waals surface area contributed by atoms with Gasteiger partial charge in [-0.1, -0.05) is 0 Å². The Morgan fingerprint density at radius 2 is 0.750 bits per heavy atom. The van der Waals surface area contributed by atoms with Crippen molar-refractivity contribution in [3.8, 4) is 0 Å². The summed E-state index contributed by atoms with van der Waals surface area (Å²) in [6.07, 6.45) is 0. The van der Waals surface area contributed by atoms with E-state index in [1.54, 1.807) is 0 Å². The fourth-order valence-electron chi connectivity index (χ4n) is 0. The molecule has 0 bridgehead atoms. The monoisotopic (exact) mass is 181 g/mol. The van der Waals surface area contributed by atoms with Gasteiger partial charge in [0.15, 0.2) is 0 Å². The summed E-state index contributed by atoms with van der Waals surface area (Å²) in [5, 5.41) is 0. The summed E-state index contributed by atoms with van der Waals surface area (Å²) in [5.41, 5.74) is 0. The van der Waals surface area contributed by atoms with Crippen molar-refractivity contribution < 1.29 is 54.4 Å². The van der Waals surface area contributed by atoms with E-state index in [1.165, 1.54) is 0 Å². The van der Waals surface area contributed by atoms with Crippen molar-refractivity contribution in [3.05, 3.63) is 0 Å². The molecule has 0 unspecified atom stereocenters. The zero-order valence-corrected chi connectivity index (χ0v) is 9.45. The quantitative estimate of drug-likeness (QED) is 0.326. The van der Waals surface area contributed by atoms with Crippen LogP contribution in [0.3, 0.4) is 0 Å². The van der Waals surface area contributed by atoms with Gasteiger partial charge in [-0.25, -0.2) is 0 Å². The van der Waals surface area contributed by atoms with Crippen LogP contribution in [-0.4, -0.2) is 45.5 Å². The normalized spacial score (nSPS) is 0. The van der Waals surface area contributed by atoms with Crippen LogP contribution in [0.1, 0.15) is 0 Å². The molecule has 16 valence electrons. The molecule has 0 amide bonds. The molecule has 0 nitrogen and oxygen atoms in total. The molecule has 0 aliphatic carbocycles. The van der Waals surface area contributed by atoms with Gasteiger partial charge in [0.05, 0.1) is 0 Å². The maximum Gasteiger partial charge on any atom is 2.00 e. The number of halogens is 2. The van der Waals surface area contributed by atoms with Gasteiger partial charge in [0, 0.05) is 0 Å². The van der Waals surface area contributed by atoms with E-state index in [9.17, 15) is 0 Å². The predicted molar refractivity (Wildman–Crippen MR) is 5.75 cm³/mol. The summed E-state index contributed by atoms with van der Waals surface area (Å²) in [6, 6.07) is 0. The van der Waals surface area contributed by atoms with Crippen LogP contribution in [0.2, 0.25) is 0 Å². The Labute approximate surface area is 97.5 Å². The molecule has 0 atom stereocenters. The molecule has 0 saturated carbocycles. The van der Waals surface area contributed by atoms with Crippen molar-refractivity contribution in [2.75, 3.05) is 0 Å². The maximum absolute atomic E-state index is 0. The van der Waals surface area contributed by atoms with Gasteiger partial charge in [-0.3, -0.25) is 0 Å². The Balaban J connectivity index is 0. The van der Waals surface area contributed by atoms with Crippen LogP contribution in [0, 0.1) is 0 Å². The van der Waals surface area contributed by atoms with Gasteiger partial charge in [0.2, 0.25) is 0 Å². The van der Waals surface area contributed by atoms with Crippen molar-refractivity contribution in [2.24, 2.45) is 0 Å². The molecule has 0 aromatic rings. The van der Waals surface area contributed by atoms with Crippen LogP contribution in [0.5, 0.6) is 0 Å². The van der Waals surface area contributed by atoms with E-state index in [0.29, 0.717) is 0 Å². The predicted octanol–water partition coefficient (Wildman–Crippen LogP) is -9.37. The average molecular weight is 182 g/mol. The SMILES string of the molecule is [Cl-].[Cl-].[Na+].[Sr+2]. The third kappa shape index (κ3) is 8.91. The van der Waals surface area contributed by atoms with Crippen molar-refractivity contribution >= 4 is 45.5 Å². The molecule has 0 radical (unpaired) electrons. The number of rotatable bonds is 0. The first-order valence-electron chi connectivity index (χ1n) is 0. The van der Waals surface area contributed by atoms with Gasteiger partial charge < -0.3 is 24.8 Å². The van der Waals surface area contributed by atoms with Crippen molar-refractivity contribution in [1.82, 2.24) is 0 Å². The minimum atomic E-state index is 0. The molecular formula is Cl2NaSr+. The van der Waals surface area contributed by atoms with Gasteiger partial charge in [-0.2, -0.15) is 0 Å². The number of hydrogen-bond acceptors (Lipinski definition) is 0. The van der Waals surface area contributed by atoms with Crippen LogP contribution in [0.25, 0.3) is 0 Å². The summed E-state index contributed by atoms with van der Waals surface area (Å²) in [6.45, 7) is 0. The topological polar surface area (TPSA) is 0 Å². The Morgan fingerprint density at radius 3 is 0.750 bits per heavy atom. The van der Waals surface area contributed by atoms with Gasteiger partial charge in [0.1, 0.15) is 0 Å². The minimum Gasteiger partial charge on any atom is -1.00 e. The molecule has 0 N–H and O–H groups in total. The first-order chi connectivity index (χ1) is 0. The van der Waals surface area contributed by atoms with Crippen molar-refractivity contribution in [3.63, 3.8) is 0 Å². The van der Waals surface area contributed by atoms with Gasteiger partial charge in [-0.15, -0.1) is 0 Å². The smallest absolute Gasteiger partial charge is 1.00 e. The Hall–Kier alpha value is 3.06. The largest absolute Gasteiger partial charge is 2.00 e. The molecule has 0 aliphatic rings. The molecule has 0 heterocycles. The van der Waals surface area contributed by atoms with Crippen molar-refractivity contribution in [1.29, 1.82) is 0 Å². The Kier molecular flexibility index (Phi) is 115. The average Bonchev–Trinajstić information content (AvgIpc) is 0. The van der Waals surface area contributed by atoms with Crippen molar-refractivity contribution in [2.45, 2.75) is 0 Å². The van der Waals surface area contributed by atoms with E-state index in [1.807, 2.05) is 0 Å². The molecule has 0 spiro atoms. The van der Waals surface area contributed by atoms with E-state index in [2.05, 4.69) is 0 Å². The summed E-state index contributed by atoms with van der Waals surface area (Å²) in [4.78, 5) is 0. The Morgan fingerprint density at radius 1 is 0.750 bits per heavy atom. The van der Waals surface area contributed by atoms with E-state index in [-0.39, 0.29) is 99.9 Å². The molecule has 0 fully saturated rings. The molecule has 4 heavy (non-hydrogen) atoms. The minimum absolute atomic E-state index is 0. The zero-order valence-electron chi connectivity index (χ0n) is 2.46. The van der Waals surface area contributed by atoms with Gasteiger partial charge in [0.25, 0.3) is 0 Å². The first-order valence-corrected chi connectivity index (χ1v) is 0. The van der Waals surface area contributed by atoms with Crippen LogP contribution in [-0.2, 0) is 0 Å². The Bertz CT molecular complexity index is 6.00. The molecule has 0 rings (SSSR count). The molecular weight excluding hydrogens is 182 g/mol. The summed E-state index contributed by atoms with van der Waals surface area (Å²) < 4.78 is 0. The molecule has 0 aromatic heterocycles. The third-order valence-electron chi connectivity index (χ3n) is 0. The second-order valence-electron chi connectivity index (χ2n) is 0. The van der Waals surface area contributed by atoms with Crippen LogP contribution >= 0.6 is 0 Å². The van der Waals surface area contributed by atoms with E-state index >= 15 is 0 Å². The van der Waals surface area contributed by atoms with Gasteiger partial charge >= 0.3 is 75.0 Å². The van der Waals surface area contributed by atoms with E-state index in [0.717, 1.165) is 0 Å². The van der Waals surface area contributed by atoms with Crippen LogP contribution < -0.4 is 54.4 Å². The third-order valence-corrected chi connectivity index (χ3v) is 0. The fourth-order valence-corrected chi connectivity index (χ4v) is 0. The molecule has 4 heteroatoms. The summed E-state index contributed by atoms with van der Waals surface area (Å²) >= 11 is 0.